The van der Waals surface area contributed by atoms with Gasteiger partial charge in [0, 0.05) is 0 Å². The van der Waals surface area contributed by atoms with Crippen LogP contribution in [0.1, 0.15) is 0 Å². The summed E-state index contributed by atoms with van der Waals surface area (Å²) in [6.07, 6.45) is 1.49. The van der Waals surface area contributed by atoms with Crippen molar-refractivity contribution in [3.63, 3.8) is 0 Å². The zero-order valence-corrected chi connectivity index (χ0v) is 9.06. The quantitative estimate of drug-likeness (QED) is 0.537. The Balaban J connectivity index is 2.29. The lowest BCUT2D eigenvalue weighted by atomic mass is 10.1. The molecule has 0 bridgehead atoms. The first kappa shape index (κ1) is 10.3. The molecule has 1 aromatic carbocycles. The molecule has 0 amide bonds. The minimum atomic E-state index is -0.696. The Hall–Kier alpha value is -2.83. The third kappa shape index (κ3) is 1.49. The predicted molar refractivity (Wildman–Crippen MR) is 65.1 cm³/mol. The van der Waals surface area contributed by atoms with E-state index in [1.165, 1.54) is 6.20 Å². The number of hydrogen-bond acceptors (Lipinski definition) is 5. The summed E-state index contributed by atoms with van der Waals surface area (Å²) in [6.45, 7) is 0. The van der Waals surface area contributed by atoms with Gasteiger partial charge in [-0.1, -0.05) is 11.2 Å². The van der Waals surface area contributed by atoms with Crippen LogP contribution in [0.3, 0.4) is 0 Å². The molecule has 90 valence electrons. The lowest BCUT2D eigenvalue weighted by molar-refractivity contribution is 0.436. The smallest absolute Gasteiger partial charge is 0.314 e. The largest absolute Gasteiger partial charge is 0.367 e. The molecule has 0 atom stereocenters. The van der Waals surface area contributed by atoms with Gasteiger partial charge in [-0.3, -0.25) is 9.59 Å². The molecule has 0 saturated carbocycles. The Labute approximate surface area is 99.2 Å². The normalized spacial score (nSPS) is 10.9. The fraction of sp³-hybridized carbons (Fsp3) is 0. The SMILES string of the molecule is Nc1oncc1-c1ccc2[nH]c(=O)c(=O)[nH]c2c1. The van der Waals surface area contributed by atoms with Gasteiger partial charge in [-0.2, -0.15) is 0 Å². The molecule has 3 rings (SSSR count). The van der Waals surface area contributed by atoms with E-state index in [0.29, 0.717) is 16.6 Å². The van der Waals surface area contributed by atoms with Crippen LogP contribution in [-0.2, 0) is 0 Å². The summed E-state index contributed by atoms with van der Waals surface area (Å²) in [5, 5.41) is 3.58. The van der Waals surface area contributed by atoms with Crippen molar-refractivity contribution in [2.75, 3.05) is 5.73 Å². The highest BCUT2D eigenvalue weighted by Gasteiger charge is 2.08. The second-order valence-electron chi connectivity index (χ2n) is 3.77. The van der Waals surface area contributed by atoms with E-state index in [4.69, 9.17) is 10.3 Å². The van der Waals surface area contributed by atoms with Gasteiger partial charge in [0.25, 0.3) is 0 Å². The number of nitrogen functional groups attached to an aromatic ring is 1. The molecule has 18 heavy (non-hydrogen) atoms. The lowest BCUT2D eigenvalue weighted by Gasteiger charge is -2.01. The first-order chi connectivity index (χ1) is 8.65. The number of hydrogen-bond donors (Lipinski definition) is 3. The molecule has 0 radical (unpaired) electrons. The molecule has 2 aromatic heterocycles. The number of H-pyrrole nitrogens is 2. The summed E-state index contributed by atoms with van der Waals surface area (Å²) in [5.74, 6) is 0.195. The summed E-state index contributed by atoms with van der Waals surface area (Å²) in [7, 11) is 0. The topological polar surface area (TPSA) is 118 Å². The van der Waals surface area contributed by atoms with Crippen molar-refractivity contribution in [1.82, 2.24) is 15.1 Å². The van der Waals surface area contributed by atoms with Crippen molar-refractivity contribution in [3.05, 3.63) is 45.1 Å². The average molecular weight is 244 g/mol. The fourth-order valence-corrected chi connectivity index (χ4v) is 1.75. The van der Waals surface area contributed by atoms with Gasteiger partial charge in [0.05, 0.1) is 22.8 Å². The molecule has 0 aliphatic carbocycles. The maximum absolute atomic E-state index is 11.2. The predicted octanol–water partition coefficient (Wildman–Crippen LogP) is 0.454. The maximum Gasteiger partial charge on any atom is 0.314 e. The van der Waals surface area contributed by atoms with Crippen molar-refractivity contribution in [2.45, 2.75) is 0 Å². The molecule has 2 heterocycles. The first-order valence-electron chi connectivity index (χ1n) is 5.12. The van der Waals surface area contributed by atoms with Gasteiger partial charge in [-0.25, -0.2) is 0 Å². The van der Waals surface area contributed by atoms with Gasteiger partial charge < -0.3 is 20.2 Å². The standard InChI is InChI=1S/C11H8N4O3/c12-9-6(4-13-18-9)5-1-2-7-8(3-5)15-11(17)10(16)14-7/h1-4H,12H2,(H,14,16)(H,15,17). The van der Waals surface area contributed by atoms with Crippen LogP contribution in [0.5, 0.6) is 0 Å². The molecule has 0 saturated heterocycles. The molecule has 7 heteroatoms. The van der Waals surface area contributed by atoms with Crippen LogP contribution in [0.25, 0.3) is 22.2 Å². The number of nitrogens with one attached hydrogen (secondary N) is 2. The van der Waals surface area contributed by atoms with Crippen LogP contribution in [0.4, 0.5) is 5.88 Å². The Morgan fingerprint density at radius 2 is 1.83 bits per heavy atom. The van der Waals surface area contributed by atoms with E-state index in [0.717, 1.165) is 5.56 Å². The van der Waals surface area contributed by atoms with Crippen LogP contribution >= 0.6 is 0 Å². The highest BCUT2D eigenvalue weighted by Crippen LogP contribution is 2.26. The average Bonchev–Trinajstić information content (AvgIpc) is 2.76. The molecule has 0 unspecified atom stereocenters. The van der Waals surface area contributed by atoms with E-state index in [1.54, 1.807) is 18.2 Å². The van der Waals surface area contributed by atoms with Crippen molar-refractivity contribution < 1.29 is 4.52 Å². The molecule has 4 N–H and O–H groups in total. The Bertz CT molecular complexity index is 843. The number of nitrogens with zero attached hydrogens (tertiary/aromatic N) is 1. The number of rotatable bonds is 1. The molecule has 0 spiro atoms. The van der Waals surface area contributed by atoms with E-state index in [2.05, 4.69) is 15.1 Å². The number of aromatic nitrogens is 3. The Morgan fingerprint density at radius 3 is 2.50 bits per heavy atom. The summed E-state index contributed by atoms with van der Waals surface area (Å²) in [6, 6.07) is 5.11. The summed E-state index contributed by atoms with van der Waals surface area (Å²) >= 11 is 0. The van der Waals surface area contributed by atoms with Gasteiger partial charge in [-0.05, 0) is 17.7 Å². The molecule has 0 aliphatic heterocycles. The Morgan fingerprint density at radius 1 is 1.11 bits per heavy atom. The van der Waals surface area contributed by atoms with E-state index < -0.39 is 11.1 Å². The second-order valence-corrected chi connectivity index (χ2v) is 3.77. The van der Waals surface area contributed by atoms with Gasteiger partial charge >= 0.3 is 11.1 Å². The number of aromatic amines is 2. The van der Waals surface area contributed by atoms with Crippen LogP contribution in [0.15, 0.2) is 38.5 Å². The van der Waals surface area contributed by atoms with Crippen molar-refractivity contribution in [1.29, 1.82) is 0 Å². The lowest BCUT2D eigenvalue weighted by Crippen LogP contribution is -2.28. The van der Waals surface area contributed by atoms with Gasteiger partial charge in [0.15, 0.2) is 0 Å². The van der Waals surface area contributed by atoms with Crippen molar-refractivity contribution >= 4 is 16.9 Å². The fourth-order valence-electron chi connectivity index (χ4n) is 1.75. The number of benzene rings is 1. The molecular weight excluding hydrogens is 236 g/mol. The first-order valence-corrected chi connectivity index (χ1v) is 5.12. The van der Waals surface area contributed by atoms with E-state index >= 15 is 0 Å². The van der Waals surface area contributed by atoms with Crippen LogP contribution in [0, 0.1) is 0 Å². The zero-order chi connectivity index (χ0) is 12.7. The third-order valence-corrected chi connectivity index (χ3v) is 2.63. The van der Waals surface area contributed by atoms with Crippen molar-refractivity contribution in [3.8, 4) is 11.1 Å². The molecule has 3 aromatic rings. The van der Waals surface area contributed by atoms with Crippen LogP contribution in [-0.4, -0.2) is 15.1 Å². The van der Waals surface area contributed by atoms with Gasteiger partial charge in [0.2, 0.25) is 5.88 Å². The number of fused-ring (bicyclic) bond motifs is 1. The summed E-state index contributed by atoms with van der Waals surface area (Å²) < 4.78 is 4.77. The minimum Gasteiger partial charge on any atom is -0.367 e. The minimum absolute atomic E-state index is 0.195. The summed E-state index contributed by atoms with van der Waals surface area (Å²) in [5.41, 5.74) is 6.65. The Kier molecular flexibility index (Phi) is 2.06. The van der Waals surface area contributed by atoms with Crippen LogP contribution in [0.2, 0.25) is 0 Å². The second kappa shape index (κ2) is 3.59. The van der Waals surface area contributed by atoms with E-state index in [-0.39, 0.29) is 5.88 Å². The highest BCUT2D eigenvalue weighted by atomic mass is 16.5. The molecule has 7 nitrogen and oxygen atoms in total. The van der Waals surface area contributed by atoms with E-state index in [1.807, 2.05) is 0 Å². The third-order valence-electron chi connectivity index (χ3n) is 2.63. The van der Waals surface area contributed by atoms with Gasteiger partial charge in [-0.15, -0.1) is 0 Å². The molecular formula is C11H8N4O3. The monoisotopic (exact) mass is 244 g/mol. The van der Waals surface area contributed by atoms with Crippen LogP contribution < -0.4 is 16.9 Å². The molecule has 0 aliphatic rings. The number of anilines is 1. The number of nitrogens with two attached hydrogens (primary N) is 1. The highest BCUT2D eigenvalue weighted by molar-refractivity contribution is 5.83. The molecule has 0 fully saturated rings. The van der Waals surface area contributed by atoms with E-state index in [9.17, 15) is 9.59 Å². The summed E-state index contributed by atoms with van der Waals surface area (Å²) in [4.78, 5) is 27.4. The van der Waals surface area contributed by atoms with Crippen molar-refractivity contribution in [2.24, 2.45) is 0 Å². The van der Waals surface area contributed by atoms with Gasteiger partial charge in [0.1, 0.15) is 0 Å². The zero-order valence-electron chi connectivity index (χ0n) is 9.06. The maximum atomic E-state index is 11.2.